The Bertz CT molecular complexity index is 460. The fourth-order valence-electron chi connectivity index (χ4n) is 1.66. The first kappa shape index (κ1) is 17.6. The molecule has 7 heteroatoms. The van der Waals surface area contributed by atoms with E-state index in [0.717, 1.165) is 24.5 Å². The van der Waals surface area contributed by atoms with Crippen LogP contribution in [0.15, 0.2) is 17.6 Å². The number of nitrogens with one attached hydrogen (secondary N) is 2. The Morgan fingerprint density at radius 3 is 2.86 bits per heavy atom. The first-order valence-electron chi connectivity index (χ1n) is 7.24. The normalized spacial score (nSPS) is 10.7. The molecule has 0 atom stereocenters. The average molecular weight is 312 g/mol. The molecule has 0 saturated carbocycles. The summed E-state index contributed by atoms with van der Waals surface area (Å²) in [6.07, 6.45) is 5.51. The molecule has 118 valence electrons. The smallest absolute Gasteiger partial charge is 0.321 e. The maximum atomic E-state index is 11.7. The summed E-state index contributed by atoms with van der Waals surface area (Å²) < 4.78 is 2.00. The maximum absolute atomic E-state index is 11.7. The first-order valence-corrected chi connectivity index (χ1v) is 8.23. The van der Waals surface area contributed by atoms with Crippen molar-refractivity contribution in [1.29, 1.82) is 0 Å². The number of carbonyl (C=O) groups excluding carboxylic acids is 2. The van der Waals surface area contributed by atoms with E-state index in [9.17, 15) is 9.59 Å². The van der Waals surface area contributed by atoms with Gasteiger partial charge in [0.15, 0.2) is 5.16 Å². The van der Waals surface area contributed by atoms with Gasteiger partial charge in [0.1, 0.15) is 0 Å². The Balaban J connectivity index is 2.27. The second-order valence-corrected chi connectivity index (χ2v) is 6.12. The highest BCUT2D eigenvalue weighted by atomic mass is 32.2. The molecule has 0 saturated heterocycles. The molecule has 0 unspecified atom stereocenters. The van der Waals surface area contributed by atoms with Gasteiger partial charge in [-0.05, 0) is 18.8 Å². The number of carbonyl (C=O) groups is 2. The lowest BCUT2D eigenvalue weighted by Crippen LogP contribution is -2.40. The average Bonchev–Trinajstić information content (AvgIpc) is 2.84. The van der Waals surface area contributed by atoms with Gasteiger partial charge in [0.05, 0.1) is 5.75 Å². The molecule has 1 aromatic rings. The third-order valence-electron chi connectivity index (χ3n) is 2.73. The largest absolute Gasteiger partial charge is 0.338 e. The van der Waals surface area contributed by atoms with Crippen LogP contribution in [0.2, 0.25) is 0 Å². The van der Waals surface area contributed by atoms with Crippen LogP contribution in [0.25, 0.3) is 0 Å². The van der Waals surface area contributed by atoms with E-state index in [4.69, 9.17) is 0 Å². The Hall–Kier alpha value is -1.50. The van der Waals surface area contributed by atoms with Crippen molar-refractivity contribution >= 4 is 23.7 Å². The summed E-state index contributed by atoms with van der Waals surface area (Å²) in [7, 11) is 0. The Labute approximate surface area is 130 Å². The molecule has 21 heavy (non-hydrogen) atoms. The predicted molar refractivity (Wildman–Crippen MR) is 84.2 cm³/mol. The molecule has 0 radical (unpaired) electrons. The number of hydrogen-bond donors (Lipinski definition) is 2. The third kappa shape index (κ3) is 7.17. The van der Waals surface area contributed by atoms with E-state index in [2.05, 4.69) is 36.4 Å². The minimum Gasteiger partial charge on any atom is -0.338 e. The van der Waals surface area contributed by atoms with Gasteiger partial charge in [0.25, 0.3) is 0 Å². The van der Waals surface area contributed by atoms with Crippen LogP contribution in [0.1, 0.15) is 33.6 Å². The monoisotopic (exact) mass is 312 g/mol. The van der Waals surface area contributed by atoms with E-state index in [1.165, 1.54) is 11.8 Å². The molecule has 3 amide bonds. The quantitative estimate of drug-likeness (QED) is 0.722. The van der Waals surface area contributed by atoms with Crippen LogP contribution < -0.4 is 10.6 Å². The molecule has 0 bridgehead atoms. The van der Waals surface area contributed by atoms with E-state index in [1.54, 1.807) is 6.20 Å². The minimum atomic E-state index is -0.432. The Morgan fingerprint density at radius 1 is 1.43 bits per heavy atom. The number of imidazole rings is 1. The van der Waals surface area contributed by atoms with Crippen LogP contribution in [0.4, 0.5) is 4.79 Å². The topological polar surface area (TPSA) is 76.0 Å². The van der Waals surface area contributed by atoms with Crippen molar-refractivity contribution in [2.45, 2.75) is 45.3 Å². The van der Waals surface area contributed by atoms with Crippen molar-refractivity contribution in [3.8, 4) is 0 Å². The third-order valence-corrected chi connectivity index (χ3v) is 3.74. The molecular weight excluding hydrogens is 288 g/mol. The lowest BCUT2D eigenvalue weighted by atomic mass is 10.1. The second-order valence-electron chi connectivity index (χ2n) is 5.18. The molecule has 0 aliphatic heterocycles. The van der Waals surface area contributed by atoms with Crippen molar-refractivity contribution in [2.24, 2.45) is 5.92 Å². The number of imide groups is 1. The zero-order valence-electron chi connectivity index (χ0n) is 12.9. The van der Waals surface area contributed by atoms with Gasteiger partial charge in [0, 0.05) is 25.5 Å². The SMILES string of the molecule is CCCn1ccnc1SCC(=O)NC(=O)NCCC(C)C. The van der Waals surface area contributed by atoms with Crippen LogP contribution in [0.3, 0.4) is 0 Å². The van der Waals surface area contributed by atoms with Gasteiger partial charge in [0.2, 0.25) is 5.91 Å². The number of amides is 3. The molecule has 2 N–H and O–H groups in total. The minimum absolute atomic E-state index is 0.179. The van der Waals surface area contributed by atoms with Gasteiger partial charge >= 0.3 is 6.03 Å². The summed E-state index contributed by atoms with van der Waals surface area (Å²) >= 11 is 1.33. The molecular formula is C14H24N4O2S. The van der Waals surface area contributed by atoms with Crippen molar-refractivity contribution in [2.75, 3.05) is 12.3 Å². The van der Waals surface area contributed by atoms with Crippen LogP contribution in [-0.2, 0) is 11.3 Å². The second kappa shape index (κ2) is 9.44. The van der Waals surface area contributed by atoms with E-state index < -0.39 is 6.03 Å². The van der Waals surface area contributed by atoms with Crippen molar-refractivity contribution < 1.29 is 9.59 Å². The summed E-state index contributed by atoms with van der Waals surface area (Å²) in [6, 6.07) is -0.432. The zero-order chi connectivity index (χ0) is 15.7. The summed E-state index contributed by atoms with van der Waals surface area (Å²) in [5.74, 6) is 0.389. The van der Waals surface area contributed by atoms with E-state index in [-0.39, 0.29) is 11.7 Å². The number of nitrogens with zero attached hydrogens (tertiary/aromatic N) is 2. The molecule has 0 aliphatic rings. The first-order chi connectivity index (χ1) is 10.0. The maximum Gasteiger partial charge on any atom is 0.321 e. The van der Waals surface area contributed by atoms with Gasteiger partial charge in [-0.1, -0.05) is 32.5 Å². The molecule has 0 fully saturated rings. The number of urea groups is 1. The predicted octanol–water partition coefficient (Wildman–Crippen LogP) is 2.26. The molecule has 0 spiro atoms. The van der Waals surface area contributed by atoms with Gasteiger partial charge < -0.3 is 9.88 Å². The van der Waals surface area contributed by atoms with Crippen LogP contribution in [0.5, 0.6) is 0 Å². The highest BCUT2D eigenvalue weighted by molar-refractivity contribution is 7.99. The van der Waals surface area contributed by atoms with Gasteiger partial charge in [-0.2, -0.15) is 0 Å². The number of rotatable bonds is 8. The number of aromatic nitrogens is 2. The van der Waals surface area contributed by atoms with E-state index in [0.29, 0.717) is 12.5 Å². The fraction of sp³-hybridized carbons (Fsp3) is 0.643. The highest BCUT2D eigenvalue weighted by Crippen LogP contribution is 2.15. The Morgan fingerprint density at radius 2 is 2.19 bits per heavy atom. The standard InChI is InChI=1S/C14H24N4O2S/c1-4-8-18-9-7-16-14(18)21-10-12(19)17-13(20)15-6-5-11(2)3/h7,9,11H,4-6,8,10H2,1-3H3,(H2,15,17,19,20). The van der Waals surface area contributed by atoms with Crippen molar-refractivity contribution in [3.05, 3.63) is 12.4 Å². The van der Waals surface area contributed by atoms with Crippen LogP contribution in [-0.4, -0.2) is 33.8 Å². The molecule has 6 nitrogen and oxygen atoms in total. The van der Waals surface area contributed by atoms with Gasteiger partial charge in [-0.25, -0.2) is 9.78 Å². The molecule has 1 heterocycles. The summed E-state index contributed by atoms with van der Waals surface area (Å²) in [6.45, 7) is 7.70. The summed E-state index contributed by atoms with van der Waals surface area (Å²) in [4.78, 5) is 27.4. The van der Waals surface area contributed by atoms with Crippen LogP contribution in [0, 0.1) is 5.92 Å². The number of hydrogen-bond acceptors (Lipinski definition) is 4. The highest BCUT2D eigenvalue weighted by Gasteiger charge is 2.10. The van der Waals surface area contributed by atoms with Crippen molar-refractivity contribution in [1.82, 2.24) is 20.2 Å². The Kier molecular flexibility index (Phi) is 7.89. The summed E-state index contributed by atoms with van der Waals surface area (Å²) in [5, 5.41) is 5.79. The van der Waals surface area contributed by atoms with Crippen molar-refractivity contribution in [3.63, 3.8) is 0 Å². The van der Waals surface area contributed by atoms with E-state index >= 15 is 0 Å². The molecule has 1 rings (SSSR count). The number of aryl methyl sites for hydroxylation is 1. The molecule has 0 aromatic carbocycles. The lowest BCUT2D eigenvalue weighted by Gasteiger charge is -2.08. The lowest BCUT2D eigenvalue weighted by molar-refractivity contribution is -0.117. The fourth-order valence-corrected chi connectivity index (χ4v) is 2.44. The van der Waals surface area contributed by atoms with Gasteiger partial charge in [-0.15, -0.1) is 0 Å². The molecule has 1 aromatic heterocycles. The zero-order valence-corrected chi connectivity index (χ0v) is 13.7. The molecule has 0 aliphatic carbocycles. The van der Waals surface area contributed by atoms with Crippen LogP contribution >= 0.6 is 11.8 Å². The number of thioether (sulfide) groups is 1. The summed E-state index contributed by atoms with van der Waals surface area (Å²) in [5.41, 5.74) is 0. The van der Waals surface area contributed by atoms with E-state index in [1.807, 2.05) is 10.8 Å². The van der Waals surface area contributed by atoms with Gasteiger partial charge in [-0.3, -0.25) is 10.1 Å².